The van der Waals surface area contributed by atoms with Crippen molar-refractivity contribution in [3.05, 3.63) is 10.9 Å². The zero-order chi connectivity index (χ0) is 6.85. The van der Waals surface area contributed by atoms with Gasteiger partial charge in [-0.05, 0) is 0 Å². The number of nitrogens with one attached hydrogen (secondary N) is 2. The molecule has 0 spiro atoms. The molecule has 0 bridgehead atoms. The molecule has 0 radical (unpaired) electrons. The number of hydrogen-bond acceptors (Lipinski definition) is 4. The number of hydrazine groups is 1. The third kappa shape index (κ3) is 1.08. The van der Waals surface area contributed by atoms with Crippen LogP contribution in [0.3, 0.4) is 0 Å². The van der Waals surface area contributed by atoms with Crippen molar-refractivity contribution in [1.82, 2.24) is 4.18 Å². The highest BCUT2D eigenvalue weighted by Crippen LogP contribution is 1.73. The molecule has 1 rings (SSSR count). The first-order valence-electron chi connectivity index (χ1n) is 2.34. The Hall–Kier alpha value is -0.880. The molecule has 0 saturated carbocycles. The topological polar surface area (TPSA) is 70.7 Å². The van der Waals surface area contributed by atoms with Gasteiger partial charge in [-0.2, -0.15) is 10.5 Å². The highest BCUT2D eigenvalue weighted by Gasteiger charge is 1.98. The van der Waals surface area contributed by atoms with Crippen molar-refractivity contribution in [3.63, 3.8) is 0 Å². The fraction of sp³-hybridized carbons (Fsp3) is 0.333. The van der Waals surface area contributed by atoms with Crippen LogP contribution in [-0.2, 0) is 7.05 Å². The van der Waals surface area contributed by atoms with E-state index < -0.39 is 0 Å². The van der Waals surface area contributed by atoms with Crippen LogP contribution in [0.1, 0.15) is 0 Å². The van der Waals surface area contributed by atoms with Gasteiger partial charge in [0.2, 0.25) is 0 Å². The Bertz CT molecular complexity index is 247. The molecule has 0 unspecified atom stereocenters. The van der Waals surface area contributed by atoms with Crippen LogP contribution in [0.2, 0.25) is 0 Å². The number of aryl methyl sites for hydroxylation is 1. The maximum absolute atomic E-state index is 7.14. The predicted molar refractivity (Wildman–Crippen MR) is 32.9 cm³/mol. The molecule has 4 N–H and O–H groups in total. The monoisotopic (exact) mass is 146 g/mol. The summed E-state index contributed by atoms with van der Waals surface area (Å²) in [5.74, 6) is 5.08. The van der Waals surface area contributed by atoms with Crippen LogP contribution in [-0.4, -0.2) is 4.18 Å². The van der Waals surface area contributed by atoms with Gasteiger partial charge in [-0.1, -0.05) is 0 Å². The van der Waals surface area contributed by atoms with Gasteiger partial charge in [0.1, 0.15) is 13.2 Å². The molecular formula is C3H8N5S+. The first kappa shape index (κ1) is 6.24. The van der Waals surface area contributed by atoms with E-state index in [2.05, 4.69) is 5.53 Å². The maximum Gasteiger partial charge on any atom is 0.173 e. The van der Waals surface area contributed by atoms with Crippen LogP contribution in [0.5, 0.6) is 0 Å². The highest BCUT2D eigenvalue weighted by atomic mass is 32.1. The summed E-state index contributed by atoms with van der Waals surface area (Å²) < 4.78 is 3.70. The Kier molecular flexibility index (Phi) is 1.50. The third-order valence-corrected chi connectivity index (χ3v) is 1.72. The second kappa shape index (κ2) is 2.16. The predicted octanol–water partition coefficient (Wildman–Crippen LogP) is -1.73. The lowest BCUT2D eigenvalue weighted by Gasteiger charge is -1.89. The van der Waals surface area contributed by atoms with Gasteiger partial charge in [-0.15, -0.1) is 5.53 Å². The molecule has 50 valence electrons. The van der Waals surface area contributed by atoms with Gasteiger partial charge in [-0.25, -0.2) is 0 Å². The molecule has 1 heterocycles. The number of nitrogens with zero attached hydrogens (tertiary/aromatic N) is 2. The van der Waals surface area contributed by atoms with Crippen molar-refractivity contribution in [2.24, 2.45) is 12.9 Å². The minimum Gasteiger partial charge on any atom is -0.286 e. The fourth-order valence-electron chi connectivity index (χ4n) is 0.521. The van der Waals surface area contributed by atoms with Crippen LogP contribution >= 0.6 is 11.5 Å². The Morgan fingerprint density at radius 1 is 2.00 bits per heavy atom. The van der Waals surface area contributed by atoms with Gasteiger partial charge >= 0.3 is 0 Å². The van der Waals surface area contributed by atoms with Crippen LogP contribution in [0.4, 0.5) is 0 Å². The van der Waals surface area contributed by atoms with E-state index in [4.69, 9.17) is 11.3 Å². The summed E-state index contributed by atoms with van der Waals surface area (Å²) >= 11 is 1.22. The molecular weight excluding hydrogens is 138 g/mol. The number of aromatic nitrogens is 2. The molecule has 5 nitrogen and oxygen atoms in total. The number of rotatable bonds is 1. The standard InChI is InChI=1S/C3H7N5S/c1-7-2-3(4)9-8(7)6-5/h2,5H,4H2,1H3/p+1. The Morgan fingerprint density at radius 2 is 2.67 bits per heavy atom. The Morgan fingerprint density at radius 3 is 2.89 bits per heavy atom. The lowest BCUT2D eigenvalue weighted by atomic mass is 10.9. The summed E-state index contributed by atoms with van der Waals surface area (Å²) in [5, 5.41) is 7.14. The number of nitrogens with two attached hydrogens (primary N) is 1. The van der Waals surface area contributed by atoms with Gasteiger partial charge in [0.05, 0.1) is 0 Å². The summed E-state index contributed by atoms with van der Waals surface area (Å²) in [6.07, 6.45) is 1.66. The molecule has 0 saturated heterocycles. The number of hydrogen-bond donors (Lipinski definition) is 3. The minimum absolute atomic E-state index is 0.468. The Balaban J connectivity index is 3.16. The second-order valence-corrected chi connectivity index (χ2v) is 2.53. The van der Waals surface area contributed by atoms with E-state index in [-0.39, 0.29) is 0 Å². The van der Waals surface area contributed by atoms with Crippen molar-refractivity contribution in [2.75, 3.05) is 5.53 Å². The van der Waals surface area contributed by atoms with E-state index in [1.807, 2.05) is 0 Å². The van der Waals surface area contributed by atoms with Gasteiger partial charge in [0, 0.05) is 15.7 Å². The highest BCUT2D eigenvalue weighted by molar-refractivity contribution is 7.03. The maximum atomic E-state index is 7.14. The van der Waals surface area contributed by atoms with Crippen molar-refractivity contribution < 1.29 is 4.68 Å². The molecule has 0 aliphatic heterocycles. The molecule has 6 heteroatoms. The third-order valence-electron chi connectivity index (χ3n) is 0.886. The summed E-state index contributed by atoms with van der Waals surface area (Å²) in [7, 11) is 1.80. The first-order chi connectivity index (χ1) is 4.24. The van der Waals surface area contributed by atoms with Crippen LogP contribution in [0.25, 0.3) is 0 Å². The molecule has 0 aliphatic rings. The van der Waals surface area contributed by atoms with Crippen LogP contribution in [0.15, 0.2) is 6.20 Å². The largest absolute Gasteiger partial charge is 0.286 e. The fourth-order valence-corrected chi connectivity index (χ4v) is 1.14. The SMILES string of the molecule is C[n+]1cc(=N)sn1NN. The second-order valence-electron chi connectivity index (χ2n) is 1.56. The first-order valence-corrected chi connectivity index (χ1v) is 3.12. The van der Waals surface area contributed by atoms with E-state index in [0.29, 0.717) is 4.67 Å². The Labute approximate surface area is 55.9 Å². The van der Waals surface area contributed by atoms with Gasteiger partial charge in [0.25, 0.3) is 0 Å². The quantitative estimate of drug-likeness (QED) is 0.250. The molecule has 0 aliphatic carbocycles. The van der Waals surface area contributed by atoms with Crippen LogP contribution < -0.4 is 20.7 Å². The van der Waals surface area contributed by atoms with E-state index in [0.717, 1.165) is 0 Å². The van der Waals surface area contributed by atoms with E-state index in [1.54, 1.807) is 22.1 Å². The zero-order valence-corrected chi connectivity index (χ0v) is 5.77. The lowest BCUT2D eigenvalue weighted by Crippen LogP contribution is -2.44. The molecule has 1 aromatic rings. The van der Waals surface area contributed by atoms with Gasteiger partial charge < -0.3 is 0 Å². The van der Waals surface area contributed by atoms with Crippen molar-refractivity contribution in [2.45, 2.75) is 0 Å². The average molecular weight is 146 g/mol. The number of nitrogen functional groups attached to an aromatic ring is 1. The molecule has 0 atom stereocenters. The summed E-state index contributed by atoms with van der Waals surface area (Å²) in [4.78, 5) is 0. The summed E-state index contributed by atoms with van der Waals surface area (Å²) in [6, 6.07) is 0. The van der Waals surface area contributed by atoms with E-state index in [9.17, 15) is 0 Å². The zero-order valence-electron chi connectivity index (χ0n) is 4.96. The van der Waals surface area contributed by atoms with E-state index >= 15 is 0 Å². The van der Waals surface area contributed by atoms with E-state index in [1.165, 1.54) is 11.5 Å². The molecule has 1 aromatic heterocycles. The van der Waals surface area contributed by atoms with Gasteiger partial charge in [-0.3, -0.25) is 5.41 Å². The normalized spacial score (nSPS) is 9.56. The summed E-state index contributed by atoms with van der Waals surface area (Å²) in [6.45, 7) is 0. The van der Waals surface area contributed by atoms with Crippen LogP contribution in [0, 0.1) is 5.41 Å². The summed E-state index contributed by atoms with van der Waals surface area (Å²) in [5.41, 5.74) is 2.39. The molecule has 9 heavy (non-hydrogen) atoms. The lowest BCUT2D eigenvalue weighted by molar-refractivity contribution is -0.744. The van der Waals surface area contributed by atoms with Crippen molar-refractivity contribution in [3.8, 4) is 0 Å². The molecule has 0 fully saturated rings. The average Bonchev–Trinajstić information content (AvgIpc) is 2.10. The van der Waals surface area contributed by atoms with Gasteiger partial charge in [0.15, 0.2) is 4.67 Å². The molecule has 0 aromatic carbocycles. The molecule has 0 amide bonds. The smallest absolute Gasteiger partial charge is 0.173 e. The minimum atomic E-state index is 0.468. The van der Waals surface area contributed by atoms with Crippen molar-refractivity contribution >= 4 is 11.5 Å². The van der Waals surface area contributed by atoms with Crippen molar-refractivity contribution in [1.29, 1.82) is 5.41 Å².